The van der Waals surface area contributed by atoms with Gasteiger partial charge >= 0.3 is 0 Å². The second-order valence-corrected chi connectivity index (χ2v) is 16.5. The van der Waals surface area contributed by atoms with Crippen molar-refractivity contribution in [2.24, 2.45) is 0 Å². The van der Waals surface area contributed by atoms with E-state index in [0.29, 0.717) is 43.2 Å². The molecule has 0 bridgehead atoms. The minimum Gasteiger partial charge on any atom is -0.382 e. The largest absolute Gasteiger partial charge is 0.382 e. The van der Waals surface area contributed by atoms with E-state index in [1.807, 2.05) is 6.07 Å². The maximum Gasteiger partial charge on any atom is 0.264 e. The number of amides is 5. The van der Waals surface area contributed by atoms with Gasteiger partial charge in [-0.15, -0.1) is 0 Å². The molecule has 0 radical (unpaired) electrons. The number of nitrogens with one attached hydrogen (secondary N) is 4. The first kappa shape index (κ1) is 41.4. The zero-order chi connectivity index (χ0) is 43.0. The Bertz CT molecular complexity index is 2510. The number of carbonyl (C=O) groups is 6. The summed E-state index contributed by atoms with van der Waals surface area (Å²) in [5, 5.41) is 18.8. The lowest BCUT2D eigenvalue weighted by Crippen LogP contribution is -2.54. The molecule has 61 heavy (non-hydrogen) atoms. The molecule has 4 aliphatic rings. The number of benzene rings is 3. The van der Waals surface area contributed by atoms with Crippen molar-refractivity contribution in [1.29, 1.82) is 5.26 Å². The van der Waals surface area contributed by atoms with E-state index in [4.69, 9.17) is 9.47 Å². The Morgan fingerprint density at radius 1 is 0.918 bits per heavy atom. The predicted molar refractivity (Wildman–Crippen MR) is 226 cm³/mol. The van der Waals surface area contributed by atoms with Crippen LogP contribution in [0.5, 0.6) is 0 Å². The molecule has 1 aromatic heterocycles. The third-order valence-corrected chi connectivity index (χ3v) is 12.4. The van der Waals surface area contributed by atoms with Crippen LogP contribution >= 0.6 is 0 Å². The lowest BCUT2D eigenvalue weighted by atomic mass is 9.70. The van der Waals surface area contributed by atoms with Gasteiger partial charge in [0.25, 0.3) is 11.8 Å². The SMILES string of the molecule is CCc1cc2c(cc1N1CCC(NC(=O)CCOCCOCCNc3cccc4c3C(=O)N(C3CCC(=O)NC3=O)C4=O)CC1)C(C)(C)c1[nH]c3cc(C#N)ccc3c1C2=O. The number of aryl methyl sites for hydroxylation is 1. The van der Waals surface area contributed by atoms with Gasteiger partial charge in [0, 0.05) is 77.5 Å². The summed E-state index contributed by atoms with van der Waals surface area (Å²) < 4.78 is 11.3. The molecule has 15 nitrogen and oxygen atoms in total. The Morgan fingerprint density at radius 3 is 2.43 bits per heavy atom. The van der Waals surface area contributed by atoms with Gasteiger partial charge < -0.3 is 30.0 Å². The van der Waals surface area contributed by atoms with Gasteiger partial charge in [-0.05, 0) is 73.2 Å². The van der Waals surface area contributed by atoms with Gasteiger partial charge in [-0.25, -0.2) is 0 Å². The number of fused-ring (bicyclic) bond motifs is 5. The van der Waals surface area contributed by atoms with E-state index in [2.05, 4.69) is 64.8 Å². The van der Waals surface area contributed by atoms with Crippen LogP contribution in [0.15, 0.2) is 48.5 Å². The Labute approximate surface area is 353 Å². The average Bonchev–Trinajstić information content (AvgIpc) is 3.77. The van der Waals surface area contributed by atoms with E-state index in [9.17, 15) is 34.0 Å². The van der Waals surface area contributed by atoms with Crippen molar-refractivity contribution in [3.63, 3.8) is 0 Å². The van der Waals surface area contributed by atoms with Crippen LogP contribution in [0.3, 0.4) is 0 Å². The molecule has 15 heteroatoms. The standard InChI is InChI=1S/C46H49N7O8/c1-4-27-23-31-32(46(2,3)42-40(41(31)56)29-9-8-26(25-47)22-34(29)50-42)24-36(27)52-16-12-28(13-17-52)49-38(55)14-18-60-20-21-61-19-15-48-33-7-5-6-30-39(33)45(59)53(44(30)58)35-10-11-37(54)51-43(35)57/h5-9,22-24,28,35,48,50H,4,10-21H2,1-3H3,(H,49,55)(H,51,54,57). The molecule has 1 aliphatic carbocycles. The molecule has 1 atom stereocenters. The fraction of sp³-hybridized carbons (Fsp3) is 0.413. The predicted octanol–water partition coefficient (Wildman–Crippen LogP) is 4.49. The highest BCUT2D eigenvalue weighted by atomic mass is 16.5. The molecular formula is C46H49N7O8. The molecule has 4 heterocycles. The number of ether oxygens (including phenoxy) is 2. The molecule has 0 spiro atoms. The summed E-state index contributed by atoms with van der Waals surface area (Å²) in [6.45, 7) is 9.41. The molecule has 4 aromatic rings. The Hall–Kier alpha value is -6.37. The molecule has 2 saturated heterocycles. The number of anilines is 2. The second kappa shape index (κ2) is 16.9. The number of rotatable bonds is 14. The van der Waals surface area contributed by atoms with Crippen LogP contribution in [0, 0.1) is 11.3 Å². The first-order valence-corrected chi connectivity index (χ1v) is 21.0. The second-order valence-electron chi connectivity index (χ2n) is 16.5. The first-order chi connectivity index (χ1) is 29.4. The third kappa shape index (κ3) is 7.77. The Balaban J connectivity index is 0.758. The quantitative estimate of drug-likeness (QED) is 0.103. The molecule has 316 valence electrons. The van der Waals surface area contributed by atoms with Crippen molar-refractivity contribution < 1.29 is 38.2 Å². The molecule has 1 unspecified atom stereocenters. The highest BCUT2D eigenvalue weighted by Crippen LogP contribution is 2.46. The summed E-state index contributed by atoms with van der Waals surface area (Å²) in [5.74, 6) is -2.29. The van der Waals surface area contributed by atoms with E-state index in [0.717, 1.165) is 76.2 Å². The van der Waals surface area contributed by atoms with Gasteiger partial charge in [-0.1, -0.05) is 32.9 Å². The zero-order valence-corrected chi connectivity index (χ0v) is 34.6. The lowest BCUT2D eigenvalue weighted by molar-refractivity contribution is -0.136. The van der Waals surface area contributed by atoms with Crippen molar-refractivity contribution in [2.75, 3.05) is 56.3 Å². The van der Waals surface area contributed by atoms with E-state index >= 15 is 0 Å². The topological polar surface area (TPSA) is 203 Å². The number of nitrogens with zero attached hydrogens (tertiary/aromatic N) is 3. The number of hydrogen-bond donors (Lipinski definition) is 4. The van der Waals surface area contributed by atoms with Crippen molar-refractivity contribution in [1.82, 2.24) is 20.5 Å². The number of piperidine rings is 2. The van der Waals surface area contributed by atoms with Gasteiger partial charge in [0.05, 0.1) is 54.8 Å². The van der Waals surface area contributed by atoms with Gasteiger partial charge in [-0.3, -0.25) is 39.0 Å². The molecule has 8 rings (SSSR count). The van der Waals surface area contributed by atoms with Crippen LogP contribution in [0.1, 0.15) is 112 Å². The maximum atomic E-state index is 14.0. The fourth-order valence-corrected chi connectivity index (χ4v) is 9.13. The number of nitriles is 1. The van der Waals surface area contributed by atoms with E-state index in [-0.39, 0.29) is 54.7 Å². The number of H-pyrrole nitrogens is 1. The Morgan fingerprint density at radius 2 is 1.69 bits per heavy atom. The lowest BCUT2D eigenvalue weighted by Gasteiger charge is -2.38. The Kier molecular flexibility index (Phi) is 11.5. The van der Waals surface area contributed by atoms with Crippen LogP contribution in [-0.4, -0.2) is 103 Å². The maximum absolute atomic E-state index is 14.0. The summed E-state index contributed by atoms with van der Waals surface area (Å²) >= 11 is 0. The molecule has 2 fully saturated rings. The van der Waals surface area contributed by atoms with E-state index in [1.165, 1.54) is 0 Å². The molecular weight excluding hydrogens is 779 g/mol. The molecule has 4 N–H and O–H groups in total. The molecule has 3 aliphatic heterocycles. The van der Waals surface area contributed by atoms with Crippen LogP contribution in [0.25, 0.3) is 10.9 Å². The number of hydrogen-bond acceptors (Lipinski definition) is 11. The summed E-state index contributed by atoms with van der Waals surface area (Å²) in [4.78, 5) is 84.0. The average molecular weight is 828 g/mol. The normalized spacial score (nSPS) is 18.5. The number of aromatic amines is 1. The number of ketones is 1. The van der Waals surface area contributed by atoms with Crippen LogP contribution in [0.2, 0.25) is 0 Å². The highest BCUT2D eigenvalue weighted by molar-refractivity contribution is 6.25. The minimum atomic E-state index is -1.03. The van der Waals surface area contributed by atoms with Crippen LogP contribution < -0.4 is 20.9 Å². The van der Waals surface area contributed by atoms with Crippen LogP contribution in [0.4, 0.5) is 11.4 Å². The van der Waals surface area contributed by atoms with Crippen molar-refractivity contribution >= 4 is 57.6 Å². The van der Waals surface area contributed by atoms with E-state index < -0.39 is 35.1 Å². The third-order valence-electron chi connectivity index (χ3n) is 12.4. The number of imide groups is 2. The zero-order valence-electron chi connectivity index (χ0n) is 34.6. The molecule has 0 saturated carbocycles. The summed E-state index contributed by atoms with van der Waals surface area (Å²) in [6.07, 6.45) is 2.72. The molecule has 5 amide bonds. The summed E-state index contributed by atoms with van der Waals surface area (Å²) in [6, 6.07) is 15.8. The first-order valence-electron chi connectivity index (χ1n) is 21.0. The highest BCUT2D eigenvalue weighted by Gasteiger charge is 2.46. The van der Waals surface area contributed by atoms with Gasteiger partial charge in [0.1, 0.15) is 6.04 Å². The van der Waals surface area contributed by atoms with Crippen molar-refractivity contribution in [2.45, 2.75) is 76.8 Å². The van der Waals surface area contributed by atoms with Gasteiger partial charge in [0.15, 0.2) is 5.78 Å². The summed E-state index contributed by atoms with van der Waals surface area (Å²) in [7, 11) is 0. The fourth-order valence-electron chi connectivity index (χ4n) is 9.13. The number of carbonyl (C=O) groups excluding carboxylic acids is 6. The smallest absolute Gasteiger partial charge is 0.264 e. The van der Waals surface area contributed by atoms with Crippen molar-refractivity contribution in [3.8, 4) is 6.07 Å². The molecule has 3 aromatic carbocycles. The minimum absolute atomic E-state index is 0.00211. The van der Waals surface area contributed by atoms with Crippen LogP contribution in [-0.2, 0) is 35.7 Å². The summed E-state index contributed by atoms with van der Waals surface area (Å²) in [5.41, 5.74) is 7.21. The van der Waals surface area contributed by atoms with Crippen molar-refractivity contribution in [3.05, 3.63) is 93.2 Å². The number of aromatic nitrogens is 1. The van der Waals surface area contributed by atoms with Gasteiger partial charge in [-0.2, -0.15) is 5.26 Å². The van der Waals surface area contributed by atoms with E-state index in [1.54, 1.807) is 30.3 Å². The van der Waals surface area contributed by atoms with Gasteiger partial charge in [0.2, 0.25) is 17.7 Å². The monoisotopic (exact) mass is 827 g/mol.